The van der Waals surface area contributed by atoms with Crippen LogP contribution >= 0.6 is 11.6 Å². The molecule has 0 radical (unpaired) electrons. The molecular formula is C14H10ClN3O3. The molecule has 0 aliphatic heterocycles. The number of nitrogens with zero attached hydrogens (tertiary/aromatic N) is 2. The molecule has 0 aliphatic carbocycles. The van der Waals surface area contributed by atoms with Gasteiger partial charge in [-0.15, -0.1) is 5.10 Å². The number of aromatic nitrogens is 2. The van der Waals surface area contributed by atoms with Crippen LogP contribution < -0.4 is 5.32 Å². The van der Waals surface area contributed by atoms with Gasteiger partial charge in [-0.25, -0.2) is 0 Å². The Kier molecular flexibility index (Phi) is 3.70. The van der Waals surface area contributed by atoms with E-state index in [2.05, 4.69) is 15.5 Å². The predicted molar refractivity (Wildman–Crippen MR) is 75.8 cm³/mol. The minimum absolute atomic E-state index is 0.0125. The first-order valence-corrected chi connectivity index (χ1v) is 6.51. The molecule has 0 bridgehead atoms. The molecule has 0 saturated heterocycles. The molecule has 7 heteroatoms. The van der Waals surface area contributed by atoms with Crippen LogP contribution in [0.5, 0.6) is 0 Å². The smallest absolute Gasteiger partial charge is 0.322 e. The number of benzene rings is 1. The van der Waals surface area contributed by atoms with Crippen molar-refractivity contribution in [3.8, 4) is 11.7 Å². The van der Waals surface area contributed by atoms with Crippen LogP contribution in [0.15, 0.2) is 51.5 Å². The minimum atomic E-state index is -0.294. The summed E-state index contributed by atoms with van der Waals surface area (Å²) in [5.41, 5.74) is 0.724. The van der Waals surface area contributed by atoms with Gasteiger partial charge in [0, 0.05) is 5.02 Å². The molecule has 3 rings (SSSR count). The van der Waals surface area contributed by atoms with E-state index in [4.69, 9.17) is 20.4 Å². The van der Waals surface area contributed by atoms with Crippen LogP contribution in [0, 0.1) is 0 Å². The zero-order valence-corrected chi connectivity index (χ0v) is 11.5. The van der Waals surface area contributed by atoms with Crippen LogP contribution in [0.25, 0.3) is 11.7 Å². The van der Waals surface area contributed by atoms with E-state index in [1.54, 1.807) is 30.3 Å². The van der Waals surface area contributed by atoms with Crippen molar-refractivity contribution in [1.82, 2.24) is 10.2 Å². The van der Waals surface area contributed by atoms with Gasteiger partial charge in [0.05, 0.1) is 12.7 Å². The molecule has 3 aromatic rings. The average molecular weight is 304 g/mol. The second-order valence-corrected chi connectivity index (χ2v) is 4.61. The Balaban J connectivity index is 1.67. The lowest BCUT2D eigenvalue weighted by Crippen LogP contribution is -2.14. The van der Waals surface area contributed by atoms with Crippen molar-refractivity contribution >= 4 is 23.5 Å². The molecule has 0 atom stereocenters. The summed E-state index contributed by atoms with van der Waals surface area (Å²) in [7, 11) is 0. The number of carbonyl (C=O) groups excluding carboxylic acids is 1. The summed E-state index contributed by atoms with van der Waals surface area (Å²) >= 11 is 6.00. The third kappa shape index (κ3) is 3.11. The van der Waals surface area contributed by atoms with Gasteiger partial charge in [-0.3, -0.25) is 10.1 Å². The largest absolute Gasteiger partial charge is 0.459 e. The highest BCUT2D eigenvalue weighted by Gasteiger charge is 2.14. The first kappa shape index (κ1) is 13.4. The van der Waals surface area contributed by atoms with Gasteiger partial charge in [0.1, 0.15) is 0 Å². The number of amides is 1. The van der Waals surface area contributed by atoms with Crippen molar-refractivity contribution in [2.45, 2.75) is 6.42 Å². The molecule has 1 N–H and O–H groups in total. The molecule has 0 aliphatic rings. The lowest BCUT2D eigenvalue weighted by molar-refractivity contribution is -0.115. The van der Waals surface area contributed by atoms with Crippen LogP contribution in [-0.2, 0) is 11.2 Å². The second-order valence-electron chi connectivity index (χ2n) is 4.21. The SMILES string of the molecule is O=C(Cc1ccccc1Cl)Nc1nnc(-c2ccco2)o1. The van der Waals surface area contributed by atoms with Crippen LogP contribution in [-0.4, -0.2) is 16.1 Å². The summed E-state index contributed by atoms with van der Waals surface area (Å²) in [6.45, 7) is 0. The molecule has 2 heterocycles. The lowest BCUT2D eigenvalue weighted by atomic mass is 10.1. The Morgan fingerprint density at radius 1 is 1.19 bits per heavy atom. The fraction of sp³-hybridized carbons (Fsp3) is 0.0714. The van der Waals surface area contributed by atoms with E-state index in [0.29, 0.717) is 10.8 Å². The van der Waals surface area contributed by atoms with Gasteiger partial charge < -0.3 is 8.83 Å². The first-order chi connectivity index (χ1) is 10.2. The summed E-state index contributed by atoms with van der Waals surface area (Å²) in [4.78, 5) is 11.9. The first-order valence-electron chi connectivity index (χ1n) is 6.13. The molecule has 0 spiro atoms. The third-order valence-corrected chi connectivity index (χ3v) is 3.08. The third-order valence-electron chi connectivity index (χ3n) is 2.71. The highest BCUT2D eigenvalue weighted by atomic mass is 35.5. The Morgan fingerprint density at radius 2 is 2.05 bits per heavy atom. The van der Waals surface area contributed by atoms with E-state index in [9.17, 15) is 4.79 Å². The molecule has 0 fully saturated rings. The minimum Gasteiger partial charge on any atom is -0.459 e. The molecule has 21 heavy (non-hydrogen) atoms. The lowest BCUT2D eigenvalue weighted by Gasteiger charge is -2.02. The zero-order chi connectivity index (χ0) is 14.7. The van der Waals surface area contributed by atoms with Crippen molar-refractivity contribution in [3.63, 3.8) is 0 Å². The Hall–Kier alpha value is -2.60. The summed E-state index contributed by atoms with van der Waals surface area (Å²) < 4.78 is 10.4. The van der Waals surface area contributed by atoms with Crippen molar-refractivity contribution in [1.29, 1.82) is 0 Å². The van der Waals surface area contributed by atoms with Crippen LogP contribution in [0.2, 0.25) is 5.02 Å². The summed E-state index contributed by atoms with van der Waals surface area (Å²) in [6.07, 6.45) is 1.62. The number of hydrogen-bond donors (Lipinski definition) is 1. The van der Waals surface area contributed by atoms with Gasteiger partial charge in [0.2, 0.25) is 5.91 Å². The highest BCUT2D eigenvalue weighted by Crippen LogP contribution is 2.20. The van der Waals surface area contributed by atoms with Gasteiger partial charge in [-0.05, 0) is 23.8 Å². The van der Waals surface area contributed by atoms with Gasteiger partial charge in [-0.2, -0.15) is 0 Å². The maximum Gasteiger partial charge on any atom is 0.322 e. The van der Waals surface area contributed by atoms with E-state index >= 15 is 0 Å². The molecule has 106 valence electrons. The molecule has 2 aromatic heterocycles. The molecule has 0 saturated carbocycles. The van der Waals surface area contributed by atoms with Gasteiger partial charge in [-0.1, -0.05) is 34.9 Å². The summed E-state index contributed by atoms with van der Waals surface area (Å²) in [5.74, 6) is 0.347. The average Bonchev–Trinajstić information content (AvgIpc) is 3.12. The van der Waals surface area contributed by atoms with Gasteiger partial charge >= 0.3 is 6.01 Å². The molecule has 1 amide bonds. The number of anilines is 1. The van der Waals surface area contributed by atoms with Crippen LogP contribution in [0.1, 0.15) is 5.56 Å². The maximum atomic E-state index is 11.9. The Bertz CT molecular complexity index is 752. The number of furan rings is 1. The van der Waals surface area contributed by atoms with E-state index in [-0.39, 0.29) is 24.2 Å². The number of hydrogen-bond acceptors (Lipinski definition) is 5. The maximum absolute atomic E-state index is 11.9. The van der Waals surface area contributed by atoms with Gasteiger partial charge in [0.15, 0.2) is 5.76 Å². The van der Waals surface area contributed by atoms with Crippen molar-refractivity contribution in [3.05, 3.63) is 53.2 Å². The van der Waals surface area contributed by atoms with Crippen LogP contribution in [0.3, 0.4) is 0 Å². The van der Waals surface area contributed by atoms with E-state index < -0.39 is 0 Å². The van der Waals surface area contributed by atoms with Gasteiger partial charge in [0.25, 0.3) is 5.89 Å². The van der Waals surface area contributed by atoms with Crippen molar-refractivity contribution < 1.29 is 13.6 Å². The number of nitrogens with one attached hydrogen (secondary N) is 1. The molecule has 6 nitrogen and oxygen atoms in total. The fourth-order valence-corrected chi connectivity index (χ4v) is 1.95. The Labute approximate surface area is 124 Å². The normalized spacial score (nSPS) is 10.5. The van der Waals surface area contributed by atoms with E-state index in [0.717, 1.165) is 5.56 Å². The fourth-order valence-electron chi connectivity index (χ4n) is 1.75. The number of carbonyl (C=O) groups is 1. The standard InChI is InChI=1S/C14H10ClN3O3/c15-10-5-2-1-4-9(10)8-12(19)16-14-18-17-13(21-14)11-6-3-7-20-11/h1-7H,8H2,(H,16,18,19). The summed E-state index contributed by atoms with van der Waals surface area (Å²) in [5, 5.41) is 10.6. The quantitative estimate of drug-likeness (QED) is 0.800. The highest BCUT2D eigenvalue weighted by molar-refractivity contribution is 6.31. The van der Waals surface area contributed by atoms with Crippen LogP contribution in [0.4, 0.5) is 6.01 Å². The Morgan fingerprint density at radius 3 is 2.81 bits per heavy atom. The van der Waals surface area contributed by atoms with E-state index in [1.807, 2.05) is 6.07 Å². The summed E-state index contributed by atoms with van der Waals surface area (Å²) in [6, 6.07) is 10.5. The topological polar surface area (TPSA) is 81.2 Å². The molecule has 0 unspecified atom stereocenters. The van der Waals surface area contributed by atoms with E-state index in [1.165, 1.54) is 6.26 Å². The number of rotatable bonds is 4. The number of halogens is 1. The predicted octanol–water partition coefficient (Wildman–Crippen LogP) is 3.16. The molecule has 1 aromatic carbocycles. The monoisotopic (exact) mass is 303 g/mol. The zero-order valence-electron chi connectivity index (χ0n) is 10.7. The molecular weight excluding hydrogens is 294 g/mol. The second kappa shape index (κ2) is 5.80. The van der Waals surface area contributed by atoms with Crippen molar-refractivity contribution in [2.24, 2.45) is 0 Å². The van der Waals surface area contributed by atoms with Crippen molar-refractivity contribution in [2.75, 3.05) is 5.32 Å².